The van der Waals surface area contributed by atoms with Crippen molar-refractivity contribution in [1.82, 2.24) is 4.98 Å². The molecule has 3 atom stereocenters. The van der Waals surface area contributed by atoms with E-state index in [0.29, 0.717) is 11.1 Å². The molecule has 10 heteroatoms. The Kier molecular flexibility index (Phi) is 5.37. The monoisotopic (exact) mass is 430 g/mol. The molecule has 0 bridgehead atoms. The number of hydrogen-bond acceptors (Lipinski definition) is 7. The quantitative estimate of drug-likeness (QED) is 0.729. The van der Waals surface area contributed by atoms with Crippen LogP contribution in [-0.4, -0.2) is 42.5 Å². The van der Waals surface area contributed by atoms with E-state index in [2.05, 4.69) is 9.98 Å². The highest BCUT2D eigenvalue weighted by Gasteiger charge is 2.58. The average Bonchev–Trinajstić information content (AvgIpc) is 3.23. The van der Waals surface area contributed by atoms with Crippen molar-refractivity contribution in [1.29, 1.82) is 5.26 Å². The summed E-state index contributed by atoms with van der Waals surface area (Å²) in [7, 11) is 0. The first-order chi connectivity index (χ1) is 14.8. The van der Waals surface area contributed by atoms with E-state index in [1.165, 1.54) is 30.5 Å². The van der Waals surface area contributed by atoms with Gasteiger partial charge in [-0.05, 0) is 29.8 Å². The topological polar surface area (TPSA) is 111 Å². The largest absolute Gasteiger partial charge is 0.459 e. The van der Waals surface area contributed by atoms with Crippen molar-refractivity contribution in [2.24, 2.45) is 16.6 Å². The minimum atomic E-state index is -3.09. The van der Waals surface area contributed by atoms with Crippen LogP contribution in [0.15, 0.2) is 41.5 Å². The Morgan fingerprint density at radius 1 is 1.32 bits per heavy atom. The third-order valence-corrected chi connectivity index (χ3v) is 5.50. The maximum atomic E-state index is 14.8. The maximum absolute atomic E-state index is 14.8. The summed E-state index contributed by atoms with van der Waals surface area (Å²) >= 11 is 0. The zero-order valence-electron chi connectivity index (χ0n) is 16.1. The number of amidine groups is 1. The standard InChI is InChI=1S/C21H17F3N4O3/c22-15-3-1-11(6-17(29)16-4-2-12(7-25)8-27-16)5-13(15)21(19(23)24)14-9-30-10-18(14)31-20(26)28-21/h1-5,8,14,18-19H,6,9-10H2,(H2,26,28)/t14-,18+,21+/m0/s1. The lowest BCUT2D eigenvalue weighted by Gasteiger charge is -2.40. The molecule has 31 heavy (non-hydrogen) atoms. The van der Waals surface area contributed by atoms with Gasteiger partial charge in [0.25, 0.3) is 12.4 Å². The van der Waals surface area contributed by atoms with Crippen LogP contribution in [0, 0.1) is 23.1 Å². The summed E-state index contributed by atoms with van der Waals surface area (Å²) in [5.41, 5.74) is 3.69. The summed E-state index contributed by atoms with van der Waals surface area (Å²) < 4.78 is 54.3. The Balaban J connectivity index is 1.72. The van der Waals surface area contributed by atoms with Crippen molar-refractivity contribution in [3.8, 4) is 6.07 Å². The van der Waals surface area contributed by atoms with E-state index in [9.17, 15) is 18.0 Å². The number of carbonyl (C=O) groups is 1. The second kappa shape index (κ2) is 8.00. The molecule has 4 rings (SSSR count). The van der Waals surface area contributed by atoms with Crippen molar-refractivity contribution >= 4 is 11.8 Å². The molecule has 160 valence electrons. The number of halogens is 3. The van der Waals surface area contributed by atoms with Gasteiger partial charge in [0, 0.05) is 18.2 Å². The number of ether oxygens (including phenoxy) is 2. The minimum Gasteiger partial charge on any atom is -0.459 e. The smallest absolute Gasteiger partial charge is 0.283 e. The van der Waals surface area contributed by atoms with Crippen LogP contribution >= 0.6 is 0 Å². The number of aromatic nitrogens is 1. The number of pyridine rings is 1. The molecule has 2 N–H and O–H groups in total. The molecule has 1 fully saturated rings. The molecule has 1 aromatic heterocycles. The highest BCUT2D eigenvalue weighted by atomic mass is 19.3. The number of fused-ring (bicyclic) bond motifs is 1. The summed E-state index contributed by atoms with van der Waals surface area (Å²) in [6, 6.07) is 7.86. The molecule has 2 aromatic rings. The van der Waals surface area contributed by atoms with Gasteiger partial charge < -0.3 is 15.2 Å². The predicted molar refractivity (Wildman–Crippen MR) is 102 cm³/mol. The Morgan fingerprint density at radius 2 is 2.13 bits per heavy atom. The molecular weight excluding hydrogens is 413 g/mol. The number of benzene rings is 1. The van der Waals surface area contributed by atoms with Gasteiger partial charge in [0.05, 0.1) is 24.7 Å². The number of nitrogens with zero attached hydrogens (tertiary/aromatic N) is 3. The first-order valence-electron chi connectivity index (χ1n) is 9.41. The number of nitrogens with two attached hydrogens (primary N) is 1. The summed E-state index contributed by atoms with van der Waals surface area (Å²) in [4.78, 5) is 20.4. The molecule has 2 aliphatic rings. The Bertz CT molecular complexity index is 1080. The number of hydrogen-bond donors (Lipinski definition) is 1. The predicted octanol–water partition coefficient (Wildman–Crippen LogP) is 2.34. The molecule has 0 amide bonds. The SMILES string of the molecule is N#Cc1ccc(C(=O)Cc2ccc(F)c([C@@]3(C(F)F)N=C(N)O[C@@H]4COC[C@@H]43)c2)nc1. The Hall–Kier alpha value is -3.45. The Morgan fingerprint density at radius 3 is 2.81 bits per heavy atom. The lowest BCUT2D eigenvalue weighted by molar-refractivity contribution is -0.0306. The first-order valence-corrected chi connectivity index (χ1v) is 9.41. The first kappa shape index (κ1) is 20.8. The van der Waals surface area contributed by atoms with Gasteiger partial charge in [-0.25, -0.2) is 18.2 Å². The van der Waals surface area contributed by atoms with E-state index in [1.54, 1.807) is 0 Å². The van der Waals surface area contributed by atoms with Gasteiger partial charge in [0.1, 0.15) is 23.7 Å². The molecule has 2 aliphatic heterocycles. The zero-order chi connectivity index (χ0) is 22.2. The number of aliphatic imine (C=N–C) groups is 1. The highest BCUT2D eigenvalue weighted by molar-refractivity contribution is 5.95. The molecule has 1 saturated heterocycles. The van der Waals surface area contributed by atoms with Crippen molar-refractivity contribution < 1.29 is 27.4 Å². The van der Waals surface area contributed by atoms with Gasteiger partial charge in [-0.1, -0.05) is 6.07 Å². The van der Waals surface area contributed by atoms with E-state index < -0.39 is 41.6 Å². The molecule has 1 aromatic carbocycles. The molecule has 0 saturated carbocycles. The molecule has 7 nitrogen and oxygen atoms in total. The molecule has 0 unspecified atom stereocenters. The van der Waals surface area contributed by atoms with Crippen LogP contribution in [0.5, 0.6) is 0 Å². The second-order valence-corrected chi connectivity index (χ2v) is 7.33. The summed E-state index contributed by atoms with van der Waals surface area (Å²) in [6.45, 7) is -0.0525. The number of carbonyl (C=O) groups excluding carboxylic acids is 1. The van der Waals surface area contributed by atoms with Gasteiger partial charge in [-0.3, -0.25) is 9.78 Å². The van der Waals surface area contributed by atoms with Gasteiger partial charge in [0.2, 0.25) is 0 Å². The average molecular weight is 430 g/mol. The molecule has 3 heterocycles. The van der Waals surface area contributed by atoms with Crippen molar-refractivity contribution in [2.45, 2.75) is 24.5 Å². The lowest BCUT2D eigenvalue weighted by Crippen LogP contribution is -2.52. The molecule has 0 aliphatic carbocycles. The normalized spacial score (nSPS) is 24.8. The van der Waals surface area contributed by atoms with E-state index >= 15 is 0 Å². The molecular formula is C21H17F3N4O3. The molecule has 0 radical (unpaired) electrons. The minimum absolute atomic E-state index is 0.0412. The number of alkyl halides is 2. The Labute approximate surface area is 175 Å². The van der Waals surface area contributed by atoms with Crippen LogP contribution < -0.4 is 5.73 Å². The number of ketones is 1. The van der Waals surface area contributed by atoms with E-state index in [4.69, 9.17) is 20.5 Å². The summed E-state index contributed by atoms with van der Waals surface area (Å²) in [5, 5.41) is 8.83. The van der Waals surface area contributed by atoms with E-state index in [0.717, 1.165) is 6.07 Å². The van der Waals surface area contributed by atoms with Crippen LogP contribution in [0.25, 0.3) is 0 Å². The van der Waals surface area contributed by atoms with Crippen molar-refractivity contribution in [2.75, 3.05) is 13.2 Å². The van der Waals surface area contributed by atoms with E-state index in [-0.39, 0.29) is 30.9 Å². The summed E-state index contributed by atoms with van der Waals surface area (Å²) in [6.07, 6.45) is -2.82. The third-order valence-electron chi connectivity index (χ3n) is 5.50. The van der Waals surface area contributed by atoms with Crippen LogP contribution in [0.1, 0.15) is 27.2 Å². The fourth-order valence-electron chi connectivity index (χ4n) is 3.99. The zero-order valence-corrected chi connectivity index (χ0v) is 16.1. The van der Waals surface area contributed by atoms with E-state index in [1.807, 2.05) is 6.07 Å². The lowest BCUT2D eigenvalue weighted by atomic mass is 9.75. The van der Waals surface area contributed by atoms with Gasteiger partial charge >= 0.3 is 0 Å². The van der Waals surface area contributed by atoms with Crippen LogP contribution in [-0.2, 0) is 21.4 Å². The fourth-order valence-corrected chi connectivity index (χ4v) is 3.99. The number of Topliss-reactive ketones (excluding diaryl/α,β-unsaturated/α-hetero) is 1. The maximum Gasteiger partial charge on any atom is 0.283 e. The highest BCUT2D eigenvalue weighted by Crippen LogP contribution is 2.47. The van der Waals surface area contributed by atoms with Crippen LogP contribution in [0.3, 0.4) is 0 Å². The van der Waals surface area contributed by atoms with Crippen LogP contribution in [0.4, 0.5) is 13.2 Å². The number of nitriles is 1. The third kappa shape index (κ3) is 3.61. The van der Waals surface area contributed by atoms with Crippen LogP contribution in [0.2, 0.25) is 0 Å². The van der Waals surface area contributed by atoms with Gasteiger partial charge in [-0.15, -0.1) is 0 Å². The van der Waals surface area contributed by atoms with Gasteiger partial charge in [0.15, 0.2) is 11.3 Å². The number of rotatable bonds is 5. The second-order valence-electron chi connectivity index (χ2n) is 7.33. The van der Waals surface area contributed by atoms with Crippen molar-refractivity contribution in [3.05, 3.63) is 64.7 Å². The molecule has 0 spiro atoms. The van der Waals surface area contributed by atoms with Gasteiger partial charge in [-0.2, -0.15) is 5.26 Å². The van der Waals surface area contributed by atoms with Crippen molar-refractivity contribution in [3.63, 3.8) is 0 Å². The fraction of sp³-hybridized carbons (Fsp3) is 0.333. The summed E-state index contributed by atoms with van der Waals surface area (Å²) in [5.74, 6) is -2.25.